The molecule has 1 aliphatic heterocycles. The van der Waals surface area contributed by atoms with Crippen LogP contribution >= 0.6 is 0 Å². The van der Waals surface area contributed by atoms with Crippen LogP contribution in [0.15, 0.2) is 61.2 Å². The Balaban J connectivity index is 1.29. The maximum absolute atomic E-state index is 12.7. The summed E-state index contributed by atoms with van der Waals surface area (Å²) in [5.74, 6) is 0.458. The SMILES string of the molecule is COc1ccc(C(=O)NCCC(O)CN2CCc3ccccc3C2)cc1-c1cncnc1. The smallest absolute Gasteiger partial charge is 0.251 e. The lowest BCUT2D eigenvalue weighted by Gasteiger charge is -2.30. The van der Waals surface area contributed by atoms with Crippen molar-refractivity contribution in [1.82, 2.24) is 20.2 Å². The van der Waals surface area contributed by atoms with Gasteiger partial charge in [-0.1, -0.05) is 24.3 Å². The summed E-state index contributed by atoms with van der Waals surface area (Å²) in [7, 11) is 1.59. The van der Waals surface area contributed by atoms with Gasteiger partial charge in [-0.05, 0) is 42.2 Å². The topological polar surface area (TPSA) is 87.6 Å². The molecule has 7 heteroatoms. The predicted molar refractivity (Wildman–Crippen MR) is 122 cm³/mol. The van der Waals surface area contributed by atoms with Crippen LogP contribution < -0.4 is 10.1 Å². The molecule has 0 spiro atoms. The van der Waals surface area contributed by atoms with E-state index in [-0.39, 0.29) is 5.91 Å². The molecule has 2 N–H and O–H groups in total. The van der Waals surface area contributed by atoms with Crippen LogP contribution in [-0.2, 0) is 13.0 Å². The Hall–Kier alpha value is -3.29. The first-order valence-corrected chi connectivity index (χ1v) is 10.8. The Morgan fingerprint density at radius 2 is 1.97 bits per heavy atom. The molecule has 0 saturated carbocycles. The fourth-order valence-corrected chi connectivity index (χ4v) is 4.07. The number of fused-ring (bicyclic) bond motifs is 1. The van der Waals surface area contributed by atoms with Crippen LogP contribution in [0.4, 0.5) is 0 Å². The number of hydrogen-bond acceptors (Lipinski definition) is 6. The van der Waals surface area contributed by atoms with E-state index in [1.807, 2.05) is 0 Å². The summed E-state index contributed by atoms with van der Waals surface area (Å²) < 4.78 is 5.42. The third-order valence-corrected chi connectivity index (χ3v) is 5.78. The Morgan fingerprint density at radius 3 is 2.75 bits per heavy atom. The number of aliphatic hydroxyl groups excluding tert-OH is 1. The van der Waals surface area contributed by atoms with E-state index in [9.17, 15) is 9.90 Å². The highest BCUT2D eigenvalue weighted by Gasteiger charge is 2.18. The Morgan fingerprint density at radius 1 is 1.19 bits per heavy atom. The van der Waals surface area contributed by atoms with Crippen LogP contribution in [-0.4, -0.2) is 58.7 Å². The number of aromatic nitrogens is 2. The van der Waals surface area contributed by atoms with Gasteiger partial charge in [0.15, 0.2) is 0 Å². The lowest BCUT2D eigenvalue weighted by atomic mass is 9.99. The van der Waals surface area contributed by atoms with Crippen molar-refractivity contribution in [2.75, 3.05) is 26.7 Å². The monoisotopic (exact) mass is 432 g/mol. The van der Waals surface area contributed by atoms with Gasteiger partial charge >= 0.3 is 0 Å². The predicted octanol–water partition coefficient (Wildman–Crippen LogP) is 2.69. The molecule has 1 atom stereocenters. The number of β-amino-alcohol motifs (C(OH)–C–C–N with tert-alkyl or cyclic N) is 1. The lowest BCUT2D eigenvalue weighted by molar-refractivity contribution is 0.0892. The van der Waals surface area contributed by atoms with Crippen molar-refractivity contribution in [3.8, 4) is 16.9 Å². The molecule has 2 aromatic carbocycles. The standard InChI is InChI=1S/C25H28N4O3/c1-32-24-7-6-19(12-23(24)21-13-26-17-27-14-21)25(31)28-10-8-22(30)16-29-11-9-18-4-2-3-5-20(18)15-29/h2-7,12-14,17,22,30H,8-11,15-16H2,1H3,(H,28,31). The van der Waals surface area contributed by atoms with Gasteiger partial charge in [-0.3, -0.25) is 9.69 Å². The average molecular weight is 433 g/mol. The third-order valence-electron chi connectivity index (χ3n) is 5.78. The minimum Gasteiger partial charge on any atom is -0.496 e. The third kappa shape index (κ3) is 5.30. The molecule has 1 aromatic heterocycles. The van der Waals surface area contributed by atoms with Crippen molar-refractivity contribution in [3.63, 3.8) is 0 Å². The number of hydrogen-bond donors (Lipinski definition) is 2. The Labute approximate surface area is 188 Å². The Bertz CT molecular complexity index is 1060. The van der Waals surface area contributed by atoms with Gasteiger partial charge < -0.3 is 15.2 Å². The molecule has 2 heterocycles. The molecule has 3 aromatic rings. The van der Waals surface area contributed by atoms with Crippen molar-refractivity contribution in [2.45, 2.75) is 25.5 Å². The number of carbonyl (C=O) groups is 1. The summed E-state index contributed by atoms with van der Waals surface area (Å²) in [6.07, 6.45) is 5.84. The highest BCUT2D eigenvalue weighted by Crippen LogP contribution is 2.30. The summed E-state index contributed by atoms with van der Waals surface area (Å²) >= 11 is 0. The zero-order valence-electron chi connectivity index (χ0n) is 18.2. The van der Waals surface area contributed by atoms with Gasteiger partial charge in [0.1, 0.15) is 12.1 Å². The number of carbonyl (C=O) groups excluding carboxylic acids is 1. The largest absolute Gasteiger partial charge is 0.496 e. The summed E-state index contributed by atoms with van der Waals surface area (Å²) in [5.41, 5.74) is 4.78. The number of nitrogens with zero attached hydrogens (tertiary/aromatic N) is 3. The molecule has 1 amide bonds. The first-order chi connectivity index (χ1) is 15.6. The van der Waals surface area contributed by atoms with Crippen LogP contribution in [0.25, 0.3) is 11.1 Å². The molecule has 0 saturated heterocycles. The van der Waals surface area contributed by atoms with E-state index in [2.05, 4.69) is 44.5 Å². The van der Waals surface area contributed by atoms with E-state index < -0.39 is 6.10 Å². The van der Waals surface area contributed by atoms with E-state index in [1.165, 1.54) is 17.5 Å². The number of amides is 1. The van der Waals surface area contributed by atoms with Crippen LogP contribution in [0, 0.1) is 0 Å². The second-order valence-electron chi connectivity index (χ2n) is 7.99. The van der Waals surface area contributed by atoms with E-state index in [4.69, 9.17) is 4.74 Å². The highest BCUT2D eigenvalue weighted by atomic mass is 16.5. The molecular formula is C25H28N4O3. The van der Waals surface area contributed by atoms with Gasteiger partial charge in [0.05, 0.1) is 13.2 Å². The first-order valence-electron chi connectivity index (χ1n) is 10.8. The zero-order chi connectivity index (χ0) is 22.3. The van der Waals surface area contributed by atoms with Crippen molar-refractivity contribution in [2.24, 2.45) is 0 Å². The van der Waals surface area contributed by atoms with Gasteiger partial charge in [-0.2, -0.15) is 0 Å². The first kappa shape index (κ1) is 21.9. The van der Waals surface area contributed by atoms with Crippen LogP contribution in [0.3, 0.4) is 0 Å². The normalized spacial score (nSPS) is 14.4. The van der Waals surface area contributed by atoms with Gasteiger partial charge in [-0.15, -0.1) is 0 Å². The maximum atomic E-state index is 12.7. The number of rotatable bonds is 8. The molecule has 32 heavy (non-hydrogen) atoms. The van der Waals surface area contributed by atoms with Crippen LogP contribution in [0.5, 0.6) is 5.75 Å². The number of nitrogens with one attached hydrogen (secondary N) is 1. The van der Waals surface area contributed by atoms with Gasteiger partial charge in [0, 0.05) is 55.3 Å². The van der Waals surface area contributed by atoms with E-state index in [0.29, 0.717) is 30.8 Å². The number of aliphatic hydroxyl groups is 1. The van der Waals surface area contributed by atoms with Crippen molar-refractivity contribution < 1.29 is 14.6 Å². The summed E-state index contributed by atoms with van der Waals surface area (Å²) in [6.45, 7) is 2.81. The van der Waals surface area contributed by atoms with Gasteiger partial charge in [0.2, 0.25) is 0 Å². The molecule has 1 unspecified atom stereocenters. The zero-order valence-corrected chi connectivity index (χ0v) is 18.2. The quantitative estimate of drug-likeness (QED) is 0.569. The summed E-state index contributed by atoms with van der Waals surface area (Å²) in [6, 6.07) is 13.7. The minimum atomic E-state index is -0.492. The minimum absolute atomic E-state index is 0.190. The lowest BCUT2D eigenvalue weighted by Crippen LogP contribution is -2.38. The van der Waals surface area contributed by atoms with Crippen molar-refractivity contribution in [1.29, 1.82) is 0 Å². The average Bonchev–Trinajstić information content (AvgIpc) is 2.84. The van der Waals surface area contributed by atoms with E-state index in [1.54, 1.807) is 37.7 Å². The number of ether oxygens (including phenoxy) is 1. The summed E-state index contributed by atoms with van der Waals surface area (Å²) in [4.78, 5) is 23.0. The maximum Gasteiger partial charge on any atom is 0.251 e. The van der Waals surface area contributed by atoms with Gasteiger partial charge in [0.25, 0.3) is 5.91 Å². The number of methoxy groups -OCH3 is 1. The molecule has 0 radical (unpaired) electrons. The second kappa shape index (κ2) is 10.3. The summed E-state index contributed by atoms with van der Waals surface area (Å²) in [5, 5.41) is 13.4. The fourth-order valence-electron chi connectivity index (χ4n) is 4.07. The molecule has 1 aliphatic rings. The molecule has 0 bridgehead atoms. The molecule has 7 nitrogen and oxygen atoms in total. The van der Waals surface area contributed by atoms with Crippen molar-refractivity contribution in [3.05, 3.63) is 77.9 Å². The van der Waals surface area contributed by atoms with E-state index in [0.717, 1.165) is 30.6 Å². The molecule has 4 rings (SSSR count). The molecular weight excluding hydrogens is 404 g/mol. The van der Waals surface area contributed by atoms with E-state index >= 15 is 0 Å². The number of benzene rings is 2. The van der Waals surface area contributed by atoms with Crippen LogP contribution in [0.1, 0.15) is 27.9 Å². The second-order valence-corrected chi connectivity index (χ2v) is 7.99. The van der Waals surface area contributed by atoms with Crippen LogP contribution in [0.2, 0.25) is 0 Å². The Kier molecular flexibility index (Phi) is 7.09. The van der Waals surface area contributed by atoms with Crippen molar-refractivity contribution >= 4 is 5.91 Å². The molecule has 166 valence electrons. The highest BCUT2D eigenvalue weighted by molar-refractivity contribution is 5.96. The molecule has 0 aliphatic carbocycles. The van der Waals surface area contributed by atoms with Gasteiger partial charge in [-0.25, -0.2) is 9.97 Å². The fraction of sp³-hybridized carbons (Fsp3) is 0.320. The molecule has 0 fully saturated rings.